The first kappa shape index (κ1) is 20.7. The van der Waals surface area contributed by atoms with Gasteiger partial charge in [0.15, 0.2) is 11.5 Å². The lowest BCUT2D eigenvalue weighted by Crippen LogP contribution is -2.07. The number of rotatable bonds is 4. The van der Waals surface area contributed by atoms with Crippen molar-refractivity contribution in [1.82, 2.24) is 9.97 Å². The summed E-state index contributed by atoms with van der Waals surface area (Å²) in [6.07, 6.45) is 6.81. The molecule has 0 aliphatic heterocycles. The van der Waals surface area contributed by atoms with Crippen LogP contribution in [0.15, 0.2) is 42.7 Å². The van der Waals surface area contributed by atoms with E-state index in [2.05, 4.69) is 21.2 Å². The minimum atomic E-state index is -0.546. The molecule has 1 N–H and O–H groups in total. The van der Waals surface area contributed by atoms with Gasteiger partial charge in [-0.15, -0.1) is 18.8 Å². The van der Waals surface area contributed by atoms with Crippen molar-refractivity contribution in [1.29, 1.82) is 0 Å². The van der Waals surface area contributed by atoms with E-state index in [4.69, 9.17) is 15.9 Å². The van der Waals surface area contributed by atoms with Gasteiger partial charge in [0, 0.05) is 36.6 Å². The number of ether oxygens (including phenoxy) is 2. The molecule has 1 heterocycles. The largest absolute Gasteiger partial charge is 0.423 e. The molecular weight excluding hydrogens is 382 g/mol. The standard InChI is InChI=1S/C20H15N3O4.ClH/c1-4-14-6-5-7-15(8-14)23-20-16-9-18(26-12(2)24)19(27-13(3)25)10-17(16)21-11-22-20;/h1,5-11H,2-3H3,(H,21,22,23);1H. The molecule has 3 aromatic rings. The predicted molar refractivity (Wildman–Crippen MR) is 107 cm³/mol. The quantitative estimate of drug-likeness (QED) is 0.408. The Morgan fingerprint density at radius 2 is 1.71 bits per heavy atom. The number of aromatic nitrogens is 2. The van der Waals surface area contributed by atoms with Crippen molar-refractivity contribution < 1.29 is 19.1 Å². The zero-order valence-electron chi connectivity index (χ0n) is 15.1. The summed E-state index contributed by atoms with van der Waals surface area (Å²) in [4.78, 5) is 31.2. The van der Waals surface area contributed by atoms with Crippen LogP contribution in [-0.4, -0.2) is 21.9 Å². The van der Waals surface area contributed by atoms with E-state index in [1.54, 1.807) is 12.1 Å². The normalized spacial score (nSPS) is 9.75. The number of fused-ring (bicyclic) bond motifs is 1. The van der Waals surface area contributed by atoms with Crippen molar-refractivity contribution in [3.05, 3.63) is 48.3 Å². The van der Waals surface area contributed by atoms with Gasteiger partial charge in [-0.3, -0.25) is 9.59 Å². The average molecular weight is 398 g/mol. The number of nitrogens with one attached hydrogen (secondary N) is 1. The van der Waals surface area contributed by atoms with E-state index < -0.39 is 11.9 Å². The Balaban J connectivity index is 0.00000280. The topological polar surface area (TPSA) is 90.4 Å². The molecule has 0 unspecified atom stereocenters. The highest BCUT2D eigenvalue weighted by Gasteiger charge is 2.15. The number of esters is 2. The second-order valence-corrected chi connectivity index (χ2v) is 5.58. The van der Waals surface area contributed by atoms with Gasteiger partial charge >= 0.3 is 11.9 Å². The zero-order valence-corrected chi connectivity index (χ0v) is 15.9. The zero-order chi connectivity index (χ0) is 19.4. The average Bonchev–Trinajstić information content (AvgIpc) is 2.62. The van der Waals surface area contributed by atoms with Crippen LogP contribution in [0, 0.1) is 12.3 Å². The van der Waals surface area contributed by atoms with Gasteiger partial charge in [0.2, 0.25) is 0 Å². The number of halogens is 1. The van der Waals surface area contributed by atoms with Crippen LogP contribution in [0.3, 0.4) is 0 Å². The molecule has 0 aliphatic rings. The van der Waals surface area contributed by atoms with Gasteiger partial charge in [-0.25, -0.2) is 9.97 Å². The maximum absolute atomic E-state index is 11.4. The number of anilines is 2. The van der Waals surface area contributed by atoms with Gasteiger partial charge in [-0.1, -0.05) is 12.0 Å². The molecule has 142 valence electrons. The number of hydrogen-bond acceptors (Lipinski definition) is 7. The Morgan fingerprint density at radius 1 is 1.04 bits per heavy atom. The van der Waals surface area contributed by atoms with Crippen molar-refractivity contribution in [2.24, 2.45) is 0 Å². The van der Waals surface area contributed by atoms with Crippen LogP contribution in [-0.2, 0) is 9.59 Å². The molecule has 0 amide bonds. The maximum atomic E-state index is 11.4. The first-order valence-corrected chi connectivity index (χ1v) is 7.95. The Kier molecular flexibility index (Phi) is 6.53. The van der Waals surface area contributed by atoms with Crippen molar-refractivity contribution in [2.45, 2.75) is 13.8 Å². The minimum Gasteiger partial charge on any atom is -0.423 e. The summed E-state index contributed by atoms with van der Waals surface area (Å²) >= 11 is 0. The molecule has 28 heavy (non-hydrogen) atoms. The van der Waals surface area contributed by atoms with Crippen molar-refractivity contribution in [3.8, 4) is 23.8 Å². The third kappa shape index (κ3) is 4.75. The fraction of sp³-hybridized carbons (Fsp3) is 0.100. The summed E-state index contributed by atoms with van der Waals surface area (Å²) in [7, 11) is 0. The highest BCUT2D eigenvalue weighted by Crippen LogP contribution is 2.35. The fourth-order valence-corrected chi connectivity index (χ4v) is 2.46. The SMILES string of the molecule is C#Cc1cccc(Nc2ncnc3cc(OC(C)=O)c(OC(C)=O)cc23)c1.Cl. The molecule has 0 fully saturated rings. The summed E-state index contributed by atoms with van der Waals surface area (Å²) in [6.45, 7) is 2.51. The Hall–Kier alpha value is -3.63. The van der Waals surface area contributed by atoms with Crippen molar-refractivity contribution >= 4 is 46.8 Å². The van der Waals surface area contributed by atoms with Crippen molar-refractivity contribution in [3.63, 3.8) is 0 Å². The van der Waals surface area contributed by atoms with Crippen LogP contribution in [0.4, 0.5) is 11.5 Å². The van der Waals surface area contributed by atoms with Gasteiger partial charge in [0.1, 0.15) is 12.1 Å². The lowest BCUT2D eigenvalue weighted by molar-refractivity contribution is -0.134. The Labute approximate surface area is 167 Å². The molecule has 1 aromatic heterocycles. The third-order valence-electron chi connectivity index (χ3n) is 3.50. The van der Waals surface area contributed by atoms with Gasteiger partial charge in [-0.2, -0.15) is 0 Å². The summed E-state index contributed by atoms with van der Waals surface area (Å²) in [5.74, 6) is 2.16. The molecule has 0 radical (unpaired) electrons. The molecule has 2 aromatic carbocycles. The smallest absolute Gasteiger partial charge is 0.308 e. The lowest BCUT2D eigenvalue weighted by Gasteiger charge is -2.12. The number of terminal acetylenes is 1. The van der Waals surface area contributed by atoms with E-state index in [0.29, 0.717) is 16.7 Å². The highest BCUT2D eigenvalue weighted by atomic mass is 35.5. The van der Waals surface area contributed by atoms with Gasteiger partial charge in [-0.05, 0) is 24.3 Å². The van der Waals surface area contributed by atoms with Crippen LogP contribution in [0.1, 0.15) is 19.4 Å². The summed E-state index contributed by atoms with van der Waals surface area (Å²) in [6, 6.07) is 10.3. The predicted octanol–water partition coefficient (Wildman–Crippen LogP) is 3.63. The first-order valence-electron chi connectivity index (χ1n) is 7.95. The molecule has 0 saturated heterocycles. The lowest BCUT2D eigenvalue weighted by atomic mass is 10.2. The van der Waals surface area contributed by atoms with E-state index >= 15 is 0 Å². The van der Waals surface area contributed by atoms with E-state index in [9.17, 15) is 9.59 Å². The monoisotopic (exact) mass is 397 g/mol. The highest BCUT2D eigenvalue weighted by molar-refractivity contribution is 5.94. The van der Waals surface area contributed by atoms with Crippen LogP contribution in [0.25, 0.3) is 10.9 Å². The van der Waals surface area contributed by atoms with E-state index in [-0.39, 0.29) is 23.9 Å². The molecule has 7 nitrogen and oxygen atoms in total. The second kappa shape index (κ2) is 8.84. The Bertz CT molecular complexity index is 1090. The molecule has 0 atom stereocenters. The van der Waals surface area contributed by atoms with Crippen molar-refractivity contribution in [2.75, 3.05) is 5.32 Å². The van der Waals surface area contributed by atoms with Crippen LogP contribution in [0.5, 0.6) is 11.5 Å². The van der Waals surface area contributed by atoms with E-state index in [0.717, 1.165) is 11.3 Å². The van der Waals surface area contributed by atoms with E-state index in [1.807, 2.05) is 18.2 Å². The summed E-state index contributed by atoms with van der Waals surface area (Å²) in [5, 5.41) is 3.75. The van der Waals surface area contributed by atoms with Gasteiger partial charge in [0.05, 0.1) is 5.52 Å². The van der Waals surface area contributed by atoms with E-state index in [1.165, 1.54) is 26.2 Å². The Morgan fingerprint density at radius 3 is 2.36 bits per heavy atom. The third-order valence-corrected chi connectivity index (χ3v) is 3.50. The molecule has 3 rings (SSSR count). The summed E-state index contributed by atoms with van der Waals surface area (Å²) < 4.78 is 10.3. The minimum absolute atomic E-state index is 0. The van der Waals surface area contributed by atoms with Gasteiger partial charge < -0.3 is 14.8 Å². The second-order valence-electron chi connectivity index (χ2n) is 5.58. The van der Waals surface area contributed by atoms with Crippen LogP contribution >= 0.6 is 12.4 Å². The first-order chi connectivity index (χ1) is 13.0. The van der Waals surface area contributed by atoms with Crippen LogP contribution < -0.4 is 14.8 Å². The number of benzene rings is 2. The molecule has 8 heteroatoms. The number of carbonyl (C=O) groups is 2. The number of hydrogen-bond donors (Lipinski definition) is 1. The molecule has 0 saturated carbocycles. The molecule has 0 spiro atoms. The molecular formula is C20H16ClN3O4. The number of nitrogens with zero attached hydrogens (tertiary/aromatic N) is 2. The van der Waals surface area contributed by atoms with Crippen LogP contribution in [0.2, 0.25) is 0 Å². The summed E-state index contributed by atoms with van der Waals surface area (Å²) in [5.41, 5.74) is 1.97. The van der Waals surface area contributed by atoms with Gasteiger partial charge in [0.25, 0.3) is 0 Å². The maximum Gasteiger partial charge on any atom is 0.308 e. The molecule has 0 aliphatic carbocycles. The fourth-order valence-electron chi connectivity index (χ4n) is 2.46. The molecule has 0 bridgehead atoms. The number of carbonyl (C=O) groups excluding carboxylic acids is 2.